The van der Waals surface area contributed by atoms with Crippen molar-refractivity contribution in [3.05, 3.63) is 29.8 Å². The van der Waals surface area contributed by atoms with Crippen molar-refractivity contribution in [2.24, 2.45) is 0 Å². The zero-order valence-corrected chi connectivity index (χ0v) is 15.2. The number of para-hydroxylation sites is 1. The van der Waals surface area contributed by atoms with E-state index in [1.165, 1.54) is 64.2 Å². The van der Waals surface area contributed by atoms with Crippen LogP contribution in [0.25, 0.3) is 0 Å². The van der Waals surface area contributed by atoms with E-state index in [0.717, 1.165) is 18.6 Å². The minimum Gasteiger partial charge on any atom is -0.508 e. The van der Waals surface area contributed by atoms with E-state index in [4.69, 9.17) is 4.74 Å². The minimum absolute atomic E-state index is 0.457. The maximum atomic E-state index is 9.65. The number of ether oxygens (including phenoxy) is 1. The van der Waals surface area contributed by atoms with Crippen LogP contribution in [0.5, 0.6) is 5.75 Å². The molecule has 2 nitrogen and oxygen atoms in total. The largest absolute Gasteiger partial charge is 0.508 e. The Morgan fingerprint density at radius 1 is 0.913 bits per heavy atom. The molecule has 1 aliphatic rings. The lowest BCUT2D eigenvalue weighted by Gasteiger charge is -2.04. The lowest BCUT2D eigenvalue weighted by Crippen LogP contribution is -1.87. The topological polar surface area (TPSA) is 32.8 Å². The summed E-state index contributed by atoms with van der Waals surface area (Å²) in [6.45, 7) is 5.31. The first-order chi connectivity index (χ1) is 11.2. The number of rotatable bonds is 11. The molecule has 1 saturated heterocycles. The molecule has 1 N–H and O–H groups in total. The molecule has 0 aliphatic carbocycles. The van der Waals surface area contributed by atoms with Crippen molar-refractivity contribution in [2.45, 2.75) is 90.6 Å². The van der Waals surface area contributed by atoms with E-state index in [0.29, 0.717) is 11.9 Å². The van der Waals surface area contributed by atoms with Crippen LogP contribution >= 0.6 is 0 Å². The van der Waals surface area contributed by atoms with Crippen molar-refractivity contribution in [1.82, 2.24) is 0 Å². The van der Waals surface area contributed by atoms with Gasteiger partial charge in [-0.2, -0.15) is 0 Å². The Morgan fingerprint density at radius 2 is 1.39 bits per heavy atom. The number of unbranched alkanes of at least 4 members (excludes halogenated alkanes) is 9. The first-order valence-corrected chi connectivity index (χ1v) is 9.62. The second-order valence-electron chi connectivity index (χ2n) is 6.70. The van der Waals surface area contributed by atoms with Gasteiger partial charge in [-0.1, -0.05) is 82.9 Å². The quantitative estimate of drug-likeness (QED) is 0.385. The molecule has 1 aromatic carbocycles. The summed E-state index contributed by atoms with van der Waals surface area (Å²) in [6.07, 6.45) is 15.2. The maximum Gasteiger partial charge on any atom is 0.118 e. The normalized spacial score (nSPS) is 15.8. The van der Waals surface area contributed by atoms with Gasteiger partial charge < -0.3 is 9.84 Å². The average Bonchev–Trinajstić information content (AvgIpc) is 3.34. The van der Waals surface area contributed by atoms with E-state index >= 15 is 0 Å². The molecule has 1 heterocycles. The molecule has 1 atom stereocenters. The fourth-order valence-electron chi connectivity index (χ4n) is 2.62. The summed E-state index contributed by atoms with van der Waals surface area (Å²) >= 11 is 0. The van der Waals surface area contributed by atoms with E-state index in [1.54, 1.807) is 6.07 Å². The van der Waals surface area contributed by atoms with Crippen molar-refractivity contribution in [1.29, 1.82) is 0 Å². The third-order valence-corrected chi connectivity index (χ3v) is 4.29. The van der Waals surface area contributed by atoms with Crippen LogP contribution in [0.3, 0.4) is 0 Å². The third-order valence-electron chi connectivity index (χ3n) is 4.29. The van der Waals surface area contributed by atoms with E-state index < -0.39 is 0 Å². The highest BCUT2D eigenvalue weighted by molar-refractivity contribution is 5.31. The number of hydrogen-bond acceptors (Lipinski definition) is 2. The first-order valence-electron chi connectivity index (χ1n) is 9.62. The highest BCUT2D eigenvalue weighted by Gasteiger charge is 2.13. The van der Waals surface area contributed by atoms with Crippen LogP contribution < -0.4 is 0 Å². The summed E-state index contributed by atoms with van der Waals surface area (Å²) in [6, 6.07) is 7.71. The number of benzene rings is 1. The molecule has 23 heavy (non-hydrogen) atoms. The fourth-order valence-corrected chi connectivity index (χ4v) is 2.62. The second kappa shape index (κ2) is 13.4. The van der Waals surface area contributed by atoms with E-state index in [9.17, 15) is 5.11 Å². The van der Waals surface area contributed by atoms with Crippen molar-refractivity contribution < 1.29 is 9.84 Å². The average molecular weight is 321 g/mol. The zero-order chi connectivity index (χ0) is 16.8. The fraction of sp³-hybridized carbons (Fsp3) is 0.714. The van der Waals surface area contributed by atoms with Crippen LogP contribution in [0.15, 0.2) is 24.3 Å². The maximum absolute atomic E-state index is 9.65. The van der Waals surface area contributed by atoms with Gasteiger partial charge in [0, 0.05) is 0 Å². The van der Waals surface area contributed by atoms with Crippen LogP contribution in [-0.4, -0.2) is 17.8 Å². The van der Waals surface area contributed by atoms with E-state index in [2.05, 4.69) is 13.8 Å². The van der Waals surface area contributed by atoms with Gasteiger partial charge in [0.05, 0.1) is 12.7 Å². The molecule has 1 aliphatic heterocycles. The van der Waals surface area contributed by atoms with Gasteiger partial charge in [-0.3, -0.25) is 0 Å². The lowest BCUT2D eigenvalue weighted by molar-refractivity contribution is 0.423. The molecule has 1 aromatic rings. The molecule has 0 radical (unpaired) electrons. The monoisotopic (exact) mass is 320 g/mol. The Hall–Kier alpha value is -1.02. The van der Waals surface area contributed by atoms with Gasteiger partial charge in [-0.25, -0.2) is 0 Å². The highest BCUT2D eigenvalue weighted by Crippen LogP contribution is 2.19. The number of hydrogen-bond donors (Lipinski definition) is 1. The number of phenolic OH excluding ortho intramolecular Hbond substituents is 1. The van der Waals surface area contributed by atoms with Crippen molar-refractivity contribution >= 4 is 0 Å². The van der Waals surface area contributed by atoms with Crippen LogP contribution in [0.2, 0.25) is 0 Å². The van der Waals surface area contributed by atoms with Gasteiger partial charge in [0.2, 0.25) is 0 Å². The summed E-state index contributed by atoms with van der Waals surface area (Å²) in [5, 5.41) is 9.65. The molecule has 2 heteroatoms. The molecule has 0 spiro atoms. The van der Waals surface area contributed by atoms with Crippen LogP contribution in [0.1, 0.15) is 83.6 Å². The van der Waals surface area contributed by atoms with E-state index in [-0.39, 0.29) is 0 Å². The Kier molecular flexibility index (Phi) is 11.7. The molecule has 132 valence electrons. The standard InChI is InChI=1S/C18H30O.C3H6O/c1-2-3-4-5-6-7-8-9-10-11-14-17-15-12-13-16-18(17)19;1-3-2-4-3/h12-13,15-16,19H,2-11,14H2,1H3;3H,2H2,1H3. The Morgan fingerprint density at radius 3 is 1.87 bits per heavy atom. The van der Waals surface area contributed by atoms with Crippen LogP contribution in [-0.2, 0) is 11.2 Å². The summed E-state index contributed by atoms with van der Waals surface area (Å²) in [4.78, 5) is 0. The summed E-state index contributed by atoms with van der Waals surface area (Å²) in [5.41, 5.74) is 1.10. The molecule has 0 amide bonds. The smallest absolute Gasteiger partial charge is 0.118 e. The number of phenols is 1. The predicted octanol–water partition coefficient (Wildman–Crippen LogP) is 6.26. The van der Waals surface area contributed by atoms with Crippen LogP contribution in [0, 0.1) is 0 Å². The highest BCUT2D eigenvalue weighted by atomic mass is 16.6. The van der Waals surface area contributed by atoms with E-state index in [1.807, 2.05) is 18.2 Å². The lowest BCUT2D eigenvalue weighted by atomic mass is 10.0. The Balaban J connectivity index is 0.000000570. The molecule has 0 aromatic heterocycles. The molecule has 1 unspecified atom stereocenters. The van der Waals surface area contributed by atoms with Gasteiger partial charge in [-0.05, 0) is 31.4 Å². The summed E-state index contributed by atoms with van der Waals surface area (Å²) in [7, 11) is 0. The molecule has 0 saturated carbocycles. The molecular formula is C21H36O2. The SMILES string of the molecule is CC1CO1.CCCCCCCCCCCCc1ccccc1O. The van der Waals surface area contributed by atoms with Crippen LogP contribution in [0.4, 0.5) is 0 Å². The number of aryl methyl sites for hydroxylation is 1. The molecule has 0 bridgehead atoms. The van der Waals surface area contributed by atoms with Crippen molar-refractivity contribution in [3.63, 3.8) is 0 Å². The summed E-state index contributed by atoms with van der Waals surface area (Å²) in [5.74, 6) is 0.457. The zero-order valence-electron chi connectivity index (χ0n) is 15.2. The first kappa shape index (κ1) is 20.0. The number of epoxide rings is 1. The third kappa shape index (κ3) is 12.1. The van der Waals surface area contributed by atoms with Crippen molar-refractivity contribution in [3.8, 4) is 5.75 Å². The Labute approximate surface area is 143 Å². The Bertz CT molecular complexity index is 385. The van der Waals surface area contributed by atoms with Gasteiger partial charge in [0.15, 0.2) is 0 Å². The van der Waals surface area contributed by atoms with Gasteiger partial charge in [0.25, 0.3) is 0 Å². The van der Waals surface area contributed by atoms with Gasteiger partial charge in [0.1, 0.15) is 5.75 Å². The molecule has 2 rings (SSSR count). The van der Waals surface area contributed by atoms with Gasteiger partial charge >= 0.3 is 0 Å². The van der Waals surface area contributed by atoms with Crippen molar-refractivity contribution in [2.75, 3.05) is 6.61 Å². The van der Waals surface area contributed by atoms with Gasteiger partial charge in [-0.15, -0.1) is 0 Å². The summed E-state index contributed by atoms with van der Waals surface area (Å²) < 4.78 is 4.71. The molecular weight excluding hydrogens is 284 g/mol. The predicted molar refractivity (Wildman–Crippen MR) is 99.1 cm³/mol. The number of aromatic hydroxyl groups is 1. The second-order valence-corrected chi connectivity index (χ2v) is 6.70. The molecule has 1 fully saturated rings. The minimum atomic E-state index is 0.457.